The van der Waals surface area contributed by atoms with E-state index in [4.69, 9.17) is 9.47 Å². The molecular weight excluding hydrogens is 226 g/mol. The Labute approximate surface area is 110 Å². The van der Waals surface area contributed by atoms with Crippen LogP contribution in [0.5, 0.6) is 0 Å². The van der Waals surface area contributed by atoms with E-state index < -0.39 is 0 Å². The van der Waals surface area contributed by atoms with Crippen LogP contribution in [0, 0.1) is 17.8 Å². The SMILES string of the molecule is C1CC(CNC23CC4CC(CC(C4)C2)C3)OCO1. The smallest absolute Gasteiger partial charge is 0.147 e. The van der Waals surface area contributed by atoms with Crippen LogP contribution in [-0.4, -0.2) is 31.6 Å². The first-order valence-electron chi connectivity index (χ1n) is 7.76. The van der Waals surface area contributed by atoms with E-state index in [9.17, 15) is 0 Å². The van der Waals surface area contributed by atoms with Crippen LogP contribution in [0.2, 0.25) is 0 Å². The van der Waals surface area contributed by atoms with Crippen LogP contribution >= 0.6 is 0 Å². The molecular formula is C15H25NO2. The second-order valence-corrected chi connectivity index (χ2v) is 7.18. The topological polar surface area (TPSA) is 30.5 Å². The van der Waals surface area contributed by atoms with Gasteiger partial charge in [0.25, 0.3) is 0 Å². The van der Waals surface area contributed by atoms with E-state index in [0.717, 1.165) is 37.3 Å². The Kier molecular flexibility index (Phi) is 2.90. The quantitative estimate of drug-likeness (QED) is 0.835. The van der Waals surface area contributed by atoms with Crippen molar-refractivity contribution in [2.75, 3.05) is 19.9 Å². The van der Waals surface area contributed by atoms with Crippen LogP contribution in [-0.2, 0) is 9.47 Å². The molecule has 1 heterocycles. The average Bonchev–Trinajstić information content (AvgIpc) is 2.36. The molecule has 1 saturated heterocycles. The summed E-state index contributed by atoms with van der Waals surface area (Å²) in [6, 6.07) is 0. The monoisotopic (exact) mass is 251 g/mol. The second kappa shape index (κ2) is 4.46. The van der Waals surface area contributed by atoms with Gasteiger partial charge >= 0.3 is 0 Å². The molecule has 5 aliphatic rings. The number of ether oxygens (including phenoxy) is 2. The normalized spacial score (nSPS) is 50.7. The van der Waals surface area contributed by atoms with Gasteiger partial charge in [0.2, 0.25) is 0 Å². The largest absolute Gasteiger partial charge is 0.355 e. The van der Waals surface area contributed by atoms with Gasteiger partial charge in [0, 0.05) is 12.1 Å². The Morgan fingerprint density at radius 3 is 2.22 bits per heavy atom. The van der Waals surface area contributed by atoms with Crippen molar-refractivity contribution in [1.29, 1.82) is 0 Å². The van der Waals surface area contributed by atoms with Crippen molar-refractivity contribution in [2.45, 2.75) is 56.6 Å². The maximum Gasteiger partial charge on any atom is 0.147 e. The zero-order valence-corrected chi connectivity index (χ0v) is 11.2. The minimum atomic E-state index is 0.381. The molecule has 4 saturated carbocycles. The van der Waals surface area contributed by atoms with Gasteiger partial charge in [-0.1, -0.05) is 0 Å². The second-order valence-electron chi connectivity index (χ2n) is 7.18. The van der Waals surface area contributed by atoms with E-state index in [1.807, 2.05) is 0 Å². The Morgan fingerprint density at radius 2 is 1.67 bits per heavy atom. The molecule has 0 amide bonds. The maximum absolute atomic E-state index is 5.66. The first kappa shape index (κ1) is 11.7. The molecule has 4 aliphatic carbocycles. The summed E-state index contributed by atoms with van der Waals surface area (Å²) in [5.41, 5.74) is 0.483. The number of rotatable bonds is 3. The third-order valence-electron chi connectivity index (χ3n) is 5.71. The van der Waals surface area contributed by atoms with Crippen molar-refractivity contribution < 1.29 is 9.47 Å². The maximum atomic E-state index is 5.66. The summed E-state index contributed by atoms with van der Waals surface area (Å²) in [5.74, 6) is 3.08. The summed E-state index contributed by atoms with van der Waals surface area (Å²) < 4.78 is 10.9. The van der Waals surface area contributed by atoms with Gasteiger partial charge in [-0.3, -0.25) is 0 Å². The molecule has 0 radical (unpaired) electrons. The van der Waals surface area contributed by atoms with Crippen LogP contribution in [0.15, 0.2) is 0 Å². The average molecular weight is 251 g/mol. The molecule has 18 heavy (non-hydrogen) atoms. The molecule has 1 aliphatic heterocycles. The van der Waals surface area contributed by atoms with E-state index in [1.54, 1.807) is 0 Å². The Morgan fingerprint density at radius 1 is 1.00 bits per heavy atom. The fourth-order valence-corrected chi connectivity index (χ4v) is 5.32. The predicted molar refractivity (Wildman–Crippen MR) is 69.2 cm³/mol. The van der Waals surface area contributed by atoms with Crippen LogP contribution in [0.1, 0.15) is 44.9 Å². The molecule has 3 heteroatoms. The molecule has 0 aromatic heterocycles. The third-order valence-corrected chi connectivity index (χ3v) is 5.71. The van der Waals surface area contributed by atoms with Crippen LogP contribution in [0.25, 0.3) is 0 Å². The highest BCUT2D eigenvalue weighted by molar-refractivity contribution is 5.06. The predicted octanol–water partition coefficient (Wildman–Crippen LogP) is 2.31. The van der Waals surface area contributed by atoms with Gasteiger partial charge in [-0.25, -0.2) is 0 Å². The molecule has 0 spiro atoms. The van der Waals surface area contributed by atoms with Gasteiger partial charge in [0.15, 0.2) is 0 Å². The Bertz CT molecular complexity index is 276. The van der Waals surface area contributed by atoms with E-state index in [0.29, 0.717) is 18.4 Å². The molecule has 3 nitrogen and oxygen atoms in total. The van der Waals surface area contributed by atoms with Crippen molar-refractivity contribution in [3.05, 3.63) is 0 Å². The Balaban J connectivity index is 1.38. The number of hydrogen-bond acceptors (Lipinski definition) is 3. The van der Waals surface area contributed by atoms with Crippen LogP contribution < -0.4 is 5.32 Å². The van der Waals surface area contributed by atoms with Gasteiger partial charge in [0.1, 0.15) is 6.79 Å². The first-order chi connectivity index (χ1) is 8.81. The van der Waals surface area contributed by atoms with Crippen molar-refractivity contribution in [3.8, 4) is 0 Å². The minimum Gasteiger partial charge on any atom is -0.355 e. The van der Waals surface area contributed by atoms with Gasteiger partial charge in [0.05, 0.1) is 12.7 Å². The summed E-state index contributed by atoms with van der Waals surface area (Å²) in [4.78, 5) is 0. The van der Waals surface area contributed by atoms with Gasteiger partial charge in [-0.15, -0.1) is 0 Å². The standard InChI is InChI=1S/C15H25NO2/c1-2-17-10-18-14(1)9-16-15-6-11-3-12(7-15)5-13(4-11)8-15/h11-14,16H,1-10H2. The van der Waals surface area contributed by atoms with Crippen molar-refractivity contribution in [1.82, 2.24) is 5.32 Å². The summed E-state index contributed by atoms with van der Waals surface area (Å²) in [6.07, 6.45) is 10.3. The zero-order valence-electron chi connectivity index (χ0n) is 11.2. The number of nitrogens with one attached hydrogen (secondary N) is 1. The van der Waals surface area contributed by atoms with Crippen molar-refractivity contribution in [3.63, 3.8) is 0 Å². The highest BCUT2D eigenvalue weighted by atomic mass is 16.7. The fourth-order valence-electron chi connectivity index (χ4n) is 5.32. The summed E-state index contributed by atoms with van der Waals surface area (Å²) in [5, 5.41) is 3.92. The lowest BCUT2D eigenvalue weighted by Crippen LogP contribution is -2.59. The molecule has 1 unspecified atom stereocenters. The van der Waals surface area contributed by atoms with Crippen LogP contribution in [0.3, 0.4) is 0 Å². The van der Waals surface area contributed by atoms with Crippen molar-refractivity contribution >= 4 is 0 Å². The molecule has 5 rings (SSSR count). The van der Waals surface area contributed by atoms with E-state index in [2.05, 4.69) is 5.32 Å². The highest BCUT2D eigenvalue weighted by Gasteiger charge is 2.50. The first-order valence-corrected chi connectivity index (χ1v) is 7.76. The van der Waals surface area contributed by atoms with E-state index in [1.165, 1.54) is 38.5 Å². The molecule has 1 atom stereocenters. The summed E-state index contributed by atoms with van der Waals surface area (Å²) >= 11 is 0. The molecule has 4 bridgehead atoms. The van der Waals surface area contributed by atoms with Crippen molar-refractivity contribution in [2.24, 2.45) is 17.8 Å². The van der Waals surface area contributed by atoms with Gasteiger partial charge in [-0.2, -0.15) is 0 Å². The molecule has 0 aromatic rings. The third kappa shape index (κ3) is 2.10. The summed E-state index contributed by atoms with van der Waals surface area (Å²) in [7, 11) is 0. The lowest BCUT2D eigenvalue weighted by Gasteiger charge is -2.57. The molecule has 5 fully saturated rings. The lowest BCUT2D eigenvalue weighted by atomic mass is 9.53. The van der Waals surface area contributed by atoms with E-state index >= 15 is 0 Å². The Hall–Kier alpha value is -0.120. The highest BCUT2D eigenvalue weighted by Crippen LogP contribution is 2.55. The molecule has 0 aromatic carbocycles. The molecule has 102 valence electrons. The van der Waals surface area contributed by atoms with Gasteiger partial charge in [-0.05, 0) is 62.7 Å². The molecule has 1 N–H and O–H groups in total. The fraction of sp³-hybridized carbons (Fsp3) is 1.00. The lowest BCUT2D eigenvalue weighted by molar-refractivity contribution is -0.140. The summed E-state index contributed by atoms with van der Waals surface area (Å²) in [6.45, 7) is 2.40. The number of hydrogen-bond donors (Lipinski definition) is 1. The zero-order chi connectivity index (χ0) is 12.0. The minimum absolute atomic E-state index is 0.381. The van der Waals surface area contributed by atoms with Crippen LogP contribution in [0.4, 0.5) is 0 Å². The van der Waals surface area contributed by atoms with Gasteiger partial charge < -0.3 is 14.8 Å². The van der Waals surface area contributed by atoms with E-state index in [-0.39, 0.29) is 0 Å².